The molecule has 0 bridgehead atoms. The first kappa shape index (κ1) is 20.7. The van der Waals surface area contributed by atoms with E-state index in [-0.39, 0.29) is 29.9 Å². The van der Waals surface area contributed by atoms with Crippen LogP contribution < -0.4 is 9.47 Å². The molecule has 3 aliphatic heterocycles. The molecule has 0 atom stereocenters. The van der Waals surface area contributed by atoms with E-state index in [1.807, 2.05) is 4.90 Å². The maximum Gasteiger partial charge on any atom is 0.446 e. The smallest absolute Gasteiger partial charge is 0.446 e. The maximum atomic E-state index is 12.4. The monoisotopic (exact) mass is 426 g/mol. The van der Waals surface area contributed by atoms with Crippen LogP contribution in [0.2, 0.25) is 0 Å². The summed E-state index contributed by atoms with van der Waals surface area (Å²) in [6.07, 6.45) is 3.16. The minimum Gasteiger partial charge on any atom is -0.493 e. The number of methoxy groups -OCH3 is 1. The molecule has 0 radical (unpaired) electrons. The van der Waals surface area contributed by atoms with Gasteiger partial charge in [-0.05, 0) is 37.5 Å². The molecule has 1 aromatic rings. The molecule has 1 aromatic carbocycles. The Bertz CT molecular complexity index is 1050. The minimum absolute atomic E-state index is 0.0686. The lowest BCUT2D eigenvalue weighted by Crippen LogP contribution is -2.51. The first-order valence-electron chi connectivity index (χ1n) is 10.1. The topological polar surface area (TPSA) is 104 Å². The first-order valence-corrected chi connectivity index (χ1v) is 10.1. The van der Waals surface area contributed by atoms with Crippen molar-refractivity contribution in [2.75, 3.05) is 40.9 Å². The second kappa shape index (κ2) is 8.29. The average molecular weight is 426 g/mol. The van der Waals surface area contributed by atoms with Crippen molar-refractivity contribution >= 4 is 35.2 Å². The number of carbonyl (C=O) groups excluding carboxylic acids is 3. The third-order valence-electron chi connectivity index (χ3n) is 5.52. The summed E-state index contributed by atoms with van der Waals surface area (Å²) in [5, 5.41) is 0. The number of benzene rings is 1. The summed E-state index contributed by atoms with van der Waals surface area (Å²) in [5.41, 5.74) is 0.685. The highest BCUT2D eigenvalue weighted by Gasteiger charge is 2.44. The van der Waals surface area contributed by atoms with Crippen LogP contribution in [0, 0.1) is 0 Å². The molecular formula is C21H24N5O5+. The van der Waals surface area contributed by atoms with Crippen molar-refractivity contribution in [1.29, 1.82) is 0 Å². The largest absolute Gasteiger partial charge is 0.493 e. The van der Waals surface area contributed by atoms with E-state index in [0.29, 0.717) is 17.1 Å². The van der Waals surface area contributed by atoms with Crippen molar-refractivity contribution < 1.29 is 28.4 Å². The molecule has 0 aromatic heterocycles. The first-order chi connectivity index (χ1) is 14.9. The van der Waals surface area contributed by atoms with Gasteiger partial charge in [-0.15, -0.1) is 0 Å². The van der Waals surface area contributed by atoms with E-state index >= 15 is 0 Å². The number of ether oxygens (including phenoxy) is 2. The summed E-state index contributed by atoms with van der Waals surface area (Å²) in [6.45, 7) is 1.40. The number of carbonyl (C=O) groups is 3. The normalized spacial score (nSPS) is 18.7. The molecular weight excluding hydrogens is 402 g/mol. The molecule has 10 nitrogen and oxygen atoms in total. The van der Waals surface area contributed by atoms with Crippen LogP contribution in [-0.4, -0.2) is 90.5 Å². The molecule has 4 amide bonds. The second-order valence-electron chi connectivity index (χ2n) is 7.52. The van der Waals surface area contributed by atoms with Crippen LogP contribution in [0.25, 0.3) is 0 Å². The number of imide groups is 1. The zero-order valence-electron chi connectivity index (χ0n) is 17.8. The number of likely N-dealkylation sites (tertiary alicyclic amines) is 1. The number of fused-ring (bicyclic) bond motifs is 1. The second-order valence-corrected chi connectivity index (χ2v) is 7.52. The highest BCUT2D eigenvalue weighted by molar-refractivity contribution is 6.70. The molecule has 0 saturated carbocycles. The van der Waals surface area contributed by atoms with Gasteiger partial charge in [0.1, 0.15) is 0 Å². The quantitative estimate of drug-likeness (QED) is 0.652. The Balaban J connectivity index is 1.58. The van der Waals surface area contributed by atoms with Crippen LogP contribution in [0.4, 0.5) is 4.79 Å². The fourth-order valence-electron chi connectivity index (χ4n) is 3.70. The minimum atomic E-state index is -0.506. The highest BCUT2D eigenvalue weighted by atomic mass is 16.5. The number of rotatable bonds is 5. The number of piperidine rings is 1. The lowest BCUT2D eigenvalue weighted by molar-refractivity contribution is -0.401. The standard InChI is InChI=1S/C21H24N5O5/c1-24-19-17(20(28)25(2)21(24)29)22-18(23-19)13-7-8-14(30-3)15(11-13)31-12-16(27)26-9-5-4-6-10-26/h7-8,11H,4-6,9-10,12H2,1-3H3/q+1. The van der Waals surface area contributed by atoms with Gasteiger partial charge in [0.15, 0.2) is 18.1 Å². The van der Waals surface area contributed by atoms with Crippen molar-refractivity contribution in [1.82, 2.24) is 9.80 Å². The Labute approximate surface area is 179 Å². The zero-order valence-corrected chi connectivity index (χ0v) is 17.8. The van der Waals surface area contributed by atoms with Gasteiger partial charge in [-0.25, -0.2) is 9.59 Å². The van der Waals surface area contributed by atoms with Crippen LogP contribution in [0.1, 0.15) is 24.8 Å². The molecule has 0 N–H and O–H groups in total. The number of hydrogen-bond acceptors (Lipinski definition) is 7. The Hall–Kier alpha value is -3.56. The van der Waals surface area contributed by atoms with E-state index in [1.165, 1.54) is 25.8 Å². The van der Waals surface area contributed by atoms with Crippen LogP contribution in [-0.2, 0) is 9.59 Å². The van der Waals surface area contributed by atoms with Gasteiger partial charge < -0.3 is 14.4 Å². The van der Waals surface area contributed by atoms with Gasteiger partial charge in [0, 0.05) is 18.7 Å². The summed E-state index contributed by atoms with van der Waals surface area (Å²) in [5.74, 6) is 0.760. The van der Waals surface area contributed by atoms with Crippen molar-refractivity contribution in [2.24, 2.45) is 9.98 Å². The third-order valence-corrected chi connectivity index (χ3v) is 5.52. The predicted molar refractivity (Wildman–Crippen MR) is 112 cm³/mol. The van der Waals surface area contributed by atoms with E-state index in [2.05, 4.69) is 9.98 Å². The molecule has 4 rings (SSSR count). The third kappa shape index (κ3) is 3.80. The van der Waals surface area contributed by atoms with Gasteiger partial charge in [-0.3, -0.25) is 4.79 Å². The average Bonchev–Trinajstić information content (AvgIpc) is 3.26. The lowest BCUT2D eigenvalue weighted by atomic mass is 10.1. The highest BCUT2D eigenvalue weighted by Crippen LogP contribution is 2.29. The number of amidine groups is 2. The molecule has 162 valence electrons. The summed E-state index contributed by atoms with van der Waals surface area (Å²) in [7, 11) is 4.45. The van der Waals surface area contributed by atoms with Gasteiger partial charge in [0.05, 0.1) is 21.2 Å². The van der Waals surface area contributed by atoms with Gasteiger partial charge in [0.25, 0.3) is 5.91 Å². The van der Waals surface area contributed by atoms with Crippen molar-refractivity contribution in [2.45, 2.75) is 19.3 Å². The van der Waals surface area contributed by atoms with Crippen LogP contribution in [0.3, 0.4) is 0 Å². The Morgan fingerprint density at radius 2 is 1.87 bits per heavy atom. The molecule has 1 fully saturated rings. The van der Waals surface area contributed by atoms with Crippen LogP contribution >= 0.6 is 0 Å². The number of amides is 4. The van der Waals surface area contributed by atoms with E-state index < -0.39 is 11.9 Å². The van der Waals surface area contributed by atoms with Crippen molar-refractivity contribution in [3.05, 3.63) is 23.8 Å². The fourth-order valence-corrected chi connectivity index (χ4v) is 3.70. The van der Waals surface area contributed by atoms with E-state index in [0.717, 1.165) is 37.3 Å². The number of urea groups is 1. The maximum absolute atomic E-state index is 12.4. The Morgan fingerprint density at radius 3 is 2.58 bits per heavy atom. The van der Waals surface area contributed by atoms with E-state index in [4.69, 9.17) is 9.47 Å². The summed E-state index contributed by atoms with van der Waals surface area (Å²) >= 11 is 0. The summed E-state index contributed by atoms with van der Waals surface area (Å²) in [6, 6.07) is 4.61. The van der Waals surface area contributed by atoms with Crippen LogP contribution in [0.15, 0.2) is 28.2 Å². The molecule has 3 heterocycles. The molecule has 10 heteroatoms. The molecule has 31 heavy (non-hydrogen) atoms. The molecule has 0 spiro atoms. The SMILES string of the molecule is COc1ccc(C2=NC3=[N+](C)C(=O)N(C)C(=O)C3=N2)cc1OCC(=O)N1CCCCC1. The van der Waals surface area contributed by atoms with E-state index in [9.17, 15) is 14.4 Å². The van der Waals surface area contributed by atoms with Gasteiger partial charge in [0.2, 0.25) is 11.5 Å². The van der Waals surface area contributed by atoms with Gasteiger partial charge >= 0.3 is 17.8 Å². The number of aliphatic imine (C=N–C) groups is 2. The summed E-state index contributed by atoms with van der Waals surface area (Å²) < 4.78 is 12.4. The predicted octanol–water partition coefficient (Wildman–Crippen LogP) is 0.920. The fraction of sp³-hybridized carbons (Fsp3) is 0.429. The van der Waals surface area contributed by atoms with Gasteiger partial charge in [-0.1, -0.05) is 4.99 Å². The van der Waals surface area contributed by atoms with Crippen molar-refractivity contribution in [3.8, 4) is 11.5 Å². The lowest BCUT2D eigenvalue weighted by Gasteiger charge is -2.26. The van der Waals surface area contributed by atoms with Crippen LogP contribution in [0.5, 0.6) is 11.5 Å². The number of hydrogen-bond donors (Lipinski definition) is 0. The molecule has 0 unspecified atom stereocenters. The van der Waals surface area contributed by atoms with E-state index in [1.54, 1.807) is 18.2 Å². The zero-order chi connectivity index (χ0) is 22.1. The molecule has 0 aliphatic carbocycles. The Morgan fingerprint density at radius 1 is 1.13 bits per heavy atom. The van der Waals surface area contributed by atoms with Gasteiger partial charge in [-0.2, -0.15) is 14.5 Å². The Kier molecular flexibility index (Phi) is 5.53. The molecule has 3 aliphatic rings. The summed E-state index contributed by atoms with van der Waals surface area (Å²) in [4.78, 5) is 48.5. The molecule has 1 saturated heterocycles. The van der Waals surface area contributed by atoms with Crippen molar-refractivity contribution in [3.63, 3.8) is 0 Å². The number of nitrogens with zero attached hydrogens (tertiary/aromatic N) is 5.